The third-order valence-corrected chi connectivity index (χ3v) is 4.69. The van der Waals surface area contributed by atoms with E-state index in [9.17, 15) is 22.8 Å². The lowest BCUT2D eigenvalue weighted by atomic mass is 10.1. The normalized spacial score (nSPS) is 12.1. The van der Waals surface area contributed by atoms with Crippen LogP contribution >= 0.6 is 22.6 Å². The van der Waals surface area contributed by atoms with Crippen molar-refractivity contribution in [3.63, 3.8) is 0 Å². The molecule has 2 aromatic carbocycles. The van der Waals surface area contributed by atoms with Gasteiger partial charge in [0.15, 0.2) is 5.71 Å². The Morgan fingerprint density at radius 3 is 2.31 bits per heavy atom. The van der Waals surface area contributed by atoms with Crippen LogP contribution in [-0.4, -0.2) is 27.6 Å². The number of hydrogen-bond acceptors (Lipinski definition) is 3. The van der Waals surface area contributed by atoms with Crippen LogP contribution in [0.25, 0.3) is 5.69 Å². The summed E-state index contributed by atoms with van der Waals surface area (Å²) in [5.74, 6) is -0.820. The Labute approximate surface area is 176 Å². The molecular formula is C19H14F3IN4O2. The molecule has 0 fully saturated rings. The molecule has 0 saturated heterocycles. The number of nitrogens with zero attached hydrogens (tertiary/aromatic N) is 2. The molecule has 0 aliphatic rings. The molecule has 1 aromatic heterocycles. The monoisotopic (exact) mass is 514 g/mol. The number of nitrogens with one attached hydrogen (secondary N) is 2. The molecule has 6 nitrogen and oxygen atoms in total. The van der Waals surface area contributed by atoms with Crippen LogP contribution in [0.3, 0.4) is 0 Å². The van der Waals surface area contributed by atoms with Gasteiger partial charge in [-0.3, -0.25) is 14.7 Å². The predicted octanol–water partition coefficient (Wildman–Crippen LogP) is 3.78. The highest BCUT2D eigenvalue weighted by Crippen LogP contribution is 2.23. The summed E-state index contributed by atoms with van der Waals surface area (Å²) in [7, 11) is 0. The smallest absolute Gasteiger partial charge is 0.295 e. The van der Waals surface area contributed by atoms with Crippen molar-refractivity contribution in [3.05, 3.63) is 85.3 Å². The van der Waals surface area contributed by atoms with Gasteiger partial charge in [0.1, 0.15) is 0 Å². The highest BCUT2D eigenvalue weighted by Gasteiger charge is 2.41. The van der Waals surface area contributed by atoms with E-state index >= 15 is 0 Å². The molecule has 0 bridgehead atoms. The molecule has 10 heteroatoms. The van der Waals surface area contributed by atoms with Crippen LogP contribution in [-0.2, 0) is 0 Å². The van der Waals surface area contributed by atoms with Gasteiger partial charge in [-0.05, 0) is 65.9 Å². The lowest BCUT2D eigenvalue weighted by Gasteiger charge is -2.09. The molecular weight excluding hydrogens is 500 g/mol. The number of aromatic nitrogens is 2. The third-order valence-electron chi connectivity index (χ3n) is 3.97. The van der Waals surface area contributed by atoms with Gasteiger partial charge in [-0.2, -0.15) is 18.3 Å². The molecule has 1 amide bonds. The number of carbonyl (C=O) groups is 1. The highest BCUT2D eigenvalue weighted by molar-refractivity contribution is 14.1. The van der Waals surface area contributed by atoms with Crippen LogP contribution in [0.15, 0.2) is 64.5 Å². The fraction of sp³-hybridized carbons (Fsp3) is 0.105. The summed E-state index contributed by atoms with van der Waals surface area (Å²) >= 11 is 2.04. The molecule has 29 heavy (non-hydrogen) atoms. The topological polar surface area (TPSA) is 79.2 Å². The van der Waals surface area contributed by atoms with E-state index in [4.69, 9.17) is 0 Å². The van der Waals surface area contributed by atoms with Crippen LogP contribution in [0.2, 0.25) is 0 Å². The standard InChI is InChI=1S/C19H14F3IN4O2/c1-11-15(18(29)27(26-11)14-5-3-2-4-6-14)16(19(20,21)22)24-25-17(28)12-7-9-13(23)10-8-12/h2-10,26H,1H3,(H,25,28). The summed E-state index contributed by atoms with van der Waals surface area (Å²) in [5.41, 5.74) is -0.692. The van der Waals surface area contributed by atoms with Crippen molar-refractivity contribution >= 4 is 34.2 Å². The Morgan fingerprint density at radius 2 is 1.72 bits per heavy atom. The number of hydrogen-bond donors (Lipinski definition) is 2. The molecule has 0 atom stereocenters. The average molecular weight is 514 g/mol. The third kappa shape index (κ3) is 4.58. The molecule has 3 aromatic rings. The molecule has 1 heterocycles. The van der Waals surface area contributed by atoms with Crippen molar-refractivity contribution in [1.82, 2.24) is 15.2 Å². The van der Waals surface area contributed by atoms with Gasteiger partial charge >= 0.3 is 6.18 Å². The van der Waals surface area contributed by atoms with Gasteiger partial charge in [-0.15, -0.1) is 0 Å². The van der Waals surface area contributed by atoms with Crippen LogP contribution in [0, 0.1) is 10.5 Å². The van der Waals surface area contributed by atoms with Crippen LogP contribution in [0.5, 0.6) is 0 Å². The molecule has 150 valence electrons. The average Bonchev–Trinajstić information content (AvgIpc) is 2.97. The van der Waals surface area contributed by atoms with E-state index in [1.54, 1.807) is 42.5 Å². The highest BCUT2D eigenvalue weighted by atomic mass is 127. The Hall–Kier alpha value is -2.89. The predicted molar refractivity (Wildman–Crippen MR) is 110 cm³/mol. The SMILES string of the molecule is Cc1[nH]n(-c2ccccc2)c(=O)c1C(=NNC(=O)c1ccc(I)cc1)C(F)(F)F. The number of rotatable bonds is 4. The number of para-hydroxylation sites is 1. The first kappa shape index (κ1) is 20.8. The van der Waals surface area contributed by atoms with Gasteiger partial charge < -0.3 is 0 Å². The van der Waals surface area contributed by atoms with Gasteiger partial charge in [0, 0.05) is 14.8 Å². The van der Waals surface area contributed by atoms with Gasteiger partial charge in [-0.1, -0.05) is 18.2 Å². The minimum absolute atomic E-state index is 0.0292. The molecule has 0 spiro atoms. The van der Waals surface area contributed by atoms with Crippen molar-refractivity contribution in [2.24, 2.45) is 5.10 Å². The van der Waals surface area contributed by atoms with Crippen molar-refractivity contribution in [3.8, 4) is 5.69 Å². The lowest BCUT2D eigenvalue weighted by molar-refractivity contribution is -0.0584. The molecule has 2 N–H and O–H groups in total. The van der Waals surface area contributed by atoms with Crippen LogP contribution < -0.4 is 11.0 Å². The second-order valence-corrected chi connectivity index (χ2v) is 7.24. The number of hydrazone groups is 1. The summed E-state index contributed by atoms with van der Waals surface area (Å²) in [5, 5.41) is 5.87. The van der Waals surface area contributed by atoms with E-state index in [2.05, 4.69) is 10.2 Å². The number of amides is 1. The number of aryl methyl sites for hydroxylation is 1. The number of halogens is 4. The van der Waals surface area contributed by atoms with Crippen LogP contribution in [0.4, 0.5) is 13.2 Å². The minimum Gasteiger partial charge on any atom is -0.295 e. The van der Waals surface area contributed by atoms with E-state index in [1.807, 2.05) is 28.0 Å². The zero-order valence-electron chi connectivity index (χ0n) is 14.9. The van der Waals surface area contributed by atoms with E-state index in [0.717, 1.165) is 8.25 Å². The van der Waals surface area contributed by atoms with Gasteiger partial charge in [-0.25, -0.2) is 10.1 Å². The summed E-state index contributed by atoms with van der Waals surface area (Å²) in [4.78, 5) is 24.8. The number of benzene rings is 2. The maximum atomic E-state index is 13.6. The fourth-order valence-electron chi connectivity index (χ4n) is 2.62. The number of H-pyrrole nitrogens is 1. The number of alkyl halides is 3. The van der Waals surface area contributed by atoms with Gasteiger partial charge in [0.25, 0.3) is 11.5 Å². The van der Waals surface area contributed by atoms with Crippen molar-refractivity contribution in [2.75, 3.05) is 0 Å². The Morgan fingerprint density at radius 1 is 1.10 bits per heavy atom. The first-order chi connectivity index (χ1) is 13.7. The van der Waals surface area contributed by atoms with E-state index in [1.165, 1.54) is 19.1 Å². The van der Waals surface area contributed by atoms with E-state index < -0.39 is 28.9 Å². The summed E-state index contributed by atoms with van der Waals surface area (Å²) in [6.45, 7) is 1.33. The zero-order valence-corrected chi connectivity index (χ0v) is 17.1. The van der Waals surface area contributed by atoms with Crippen LogP contribution in [0.1, 0.15) is 21.6 Å². The first-order valence-electron chi connectivity index (χ1n) is 8.26. The maximum Gasteiger partial charge on any atom is 0.435 e. The molecule has 0 saturated carbocycles. The van der Waals surface area contributed by atoms with Crippen molar-refractivity contribution < 1.29 is 18.0 Å². The molecule has 3 rings (SSSR count). The molecule has 0 aliphatic carbocycles. The maximum absolute atomic E-state index is 13.6. The second kappa shape index (κ2) is 8.23. The molecule has 0 unspecified atom stereocenters. The largest absolute Gasteiger partial charge is 0.435 e. The second-order valence-electron chi connectivity index (χ2n) is 5.99. The zero-order chi connectivity index (χ0) is 21.2. The summed E-state index contributed by atoms with van der Waals surface area (Å²) in [6.07, 6.45) is -4.96. The number of carbonyl (C=O) groups excluding carboxylic acids is 1. The summed E-state index contributed by atoms with van der Waals surface area (Å²) in [6, 6.07) is 14.4. The van der Waals surface area contributed by atoms with E-state index in [-0.39, 0.29) is 11.3 Å². The van der Waals surface area contributed by atoms with E-state index in [0.29, 0.717) is 5.69 Å². The lowest BCUT2D eigenvalue weighted by Crippen LogP contribution is -2.33. The Kier molecular flexibility index (Phi) is 5.91. The number of aromatic amines is 1. The van der Waals surface area contributed by atoms with Crippen molar-refractivity contribution in [1.29, 1.82) is 0 Å². The quantitative estimate of drug-likeness (QED) is 0.316. The van der Waals surface area contributed by atoms with Gasteiger partial charge in [0.05, 0.1) is 11.3 Å². The molecule has 0 aliphatic heterocycles. The van der Waals surface area contributed by atoms with Gasteiger partial charge in [0.2, 0.25) is 0 Å². The minimum atomic E-state index is -4.96. The Balaban J connectivity index is 2.01. The summed E-state index contributed by atoms with van der Waals surface area (Å²) < 4.78 is 42.8. The fourth-order valence-corrected chi connectivity index (χ4v) is 2.98. The van der Waals surface area contributed by atoms with Crippen molar-refractivity contribution in [2.45, 2.75) is 13.1 Å². The Bertz CT molecular complexity index is 1120. The first-order valence-corrected chi connectivity index (χ1v) is 9.34. The molecule has 0 radical (unpaired) electrons.